The Bertz CT molecular complexity index is 183. The molecule has 0 aromatic carbocycles. The Morgan fingerprint density at radius 3 is 2.50 bits per heavy atom. The summed E-state index contributed by atoms with van der Waals surface area (Å²) in [6, 6.07) is 0. The maximum Gasteiger partial charge on any atom is 0.236 e. The molecule has 0 aliphatic carbocycles. The summed E-state index contributed by atoms with van der Waals surface area (Å²) in [6.07, 6.45) is 3.41. The molecule has 0 aromatic heterocycles. The quantitative estimate of drug-likeness (QED) is 0.457. The molecule has 2 amide bonds. The van der Waals surface area contributed by atoms with Crippen LogP contribution in [0, 0.1) is 0 Å². The van der Waals surface area contributed by atoms with E-state index in [0.29, 0.717) is 6.42 Å². The lowest BCUT2D eigenvalue weighted by Crippen LogP contribution is -2.33. The Morgan fingerprint density at radius 2 is 1.93 bits per heavy atom. The van der Waals surface area contributed by atoms with Gasteiger partial charge in [0.1, 0.15) is 0 Å². The third-order valence-electron chi connectivity index (χ3n) is 1.79. The van der Waals surface area contributed by atoms with Crippen LogP contribution >= 0.6 is 0 Å². The van der Waals surface area contributed by atoms with Crippen molar-refractivity contribution in [3.05, 3.63) is 0 Å². The lowest BCUT2D eigenvalue weighted by Gasteiger charge is -2.02. The van der Waals surface area contributed by atoms with E-state index in [1.54, 1.807) is 0 Å². The van der Waals surface area contributed by atoms with Gasteiger partial charge in [0.05, 0.1) is 6.54 Å². The fourth-order valence-corrected chi connectivity index (χ4v) is 1.04. The minimum atomic E-state index is -0.506. The molecule has 14 heavy (non-hydrogen) atoms. The highest BCUT2D eigenvalue weighted by atomic mass is 16.2. The van der Waals surface area contributed by atoms with Gasteiger partial charge in [0.25, 0.3) is 0 Å². The van der Waals surface area contributed by atoms with Gasteiger partial charge in [-0.3, -0.25) is 9.59 Å². The van der Waals surface area contributed by atoms with Crippen LogP contribution in [0.3, 0.4) is 0 Å². The summed E-state index contributed by atoms with van der Waals surface area (Å²) in [5.74, 6) is -0.609. The molecule has 5 heteroatoms. The molecule has 0 aromatic rings. The minimum Gasteiger partial charge on any atom is -0.368 e. The number of primary amides is 1. The number of rotatable bonds is 8. The van der Waals surface area contributed by atoms with Gasteiger partial charge in [0.2, 0.25) is 11.8 Å². The molecule has 0 rings (SSSR count). The van der Waals surface area contributed by atoms with Crippen molar-refractivity contribution in [1.82, 2.24) is 10.6 Å². The van der Waals surface area contributed by atoms with E-state index in [1.165, 1.54) is 0 Å². The number of nitrogens with two attached hydrogens (primary N) is 1. The first-order valence-corrected chi connectivity index (χ1v) is 4.86. The second-order valence-corrected chi connectivity index (χ2v) is 3.16. The second kappa shape index (κ2) is 8.50. The summed E-state index contributed by atoms with van der Waals surface area (Å²) in [6.45, 7) is 0.915. The van der Waals surface area contributed by atoms with Crippen molar-refractivity contribution >= 4 is 11.8 Å². The van der Waals surface area contributed by atoms with Crippen molar-refractivity contribution in [2.75, 3.05) is 20.1 Å². The number of hydrogen-bond donors (Lipinski definition) is 3. The van der Waals surface area contributed by atoms with E-state index < -0.39 is 5.91 Å². The number of hydrogen-bond acceptors (Lipinski definition) is 3. The molecule has 82 valence electrons. The summed E-state index contributed by atoms with van der Waals surface area (Å²) in [5, 5.41) is 5.48. The van der Waals surface area contributed by atoms with Gasteiger partial charge in [-0.15, -0.1) is 0 Å². The van der Waals surface area contributed by atoms with Crippen LogP contribution in [0.25, 0.3) is 0 Å². The summed E-state index contributed by atoms with van der Waals surface area (Å²) < 4.78 is 0. The number of nitrogens with one attached hydrogen (secondary N) is 2. The molecule has 0 saturated carbocycles. The fourth-order valence-electron chi connectivity index (χ4n) is 1.04. The SMILES string of the molecule is CNCCCCCC(=O)NCC(N)=O. The summed E-state index contributed by atoms with van der Waals surface area (Å²) in [4.78, 5) is 21.4. The first-order valence-electron chi connectivity index (χ1n) is 4.86. The van der Waals surface area contributed by atoms with Gasteiger partial charge in [-0.2, -0.15) is 0 Å². The van der Waals surface area contributed by atoms with E-state index in [4.69, 9.17) is 5.73 Å². The molecule has 0 radical (unpaired) electrons. The zero-order valence-electron chi connectivity index (χ0n) is 8.64. The summed E-state index contributed by atoms with van der Waals surface area (Å²) >= 11 is 0. The zero-order valence-corrected chi connectivity index (χ0v) is 8.64. The van der Waals surface area contributed by atoms with E-state index in [0.717, 1.165) is 25.8 Å². The minimum absolute atomic E-state index is 0.0602. The maximum absolute atomic E-state index is 11.0. The number of carbonyl (C=O) groups excluding carboxylic acids is 2. The number of amides is 2. The first-order chi connectivity index (χ1) is 6.66. The van der Waals surface area contributed by atoms with Crippen LogP contribution in [0.5, 0.6) is 0 Å². The van der Waals surface area contributed by atoms with Crippen LogP contribution in [-0.4, -0.2) is 32.0 Å². The Hall–Kier alpha value is -1.10. The van der Waals surface area contributed by atoms with Crippen molar-refractivity contribution in [2.45, 2.75) is 25.7 Å². The van der Waals surface area contributed by atoms with Gasteiger partial charge in [-0.25, -0.2) is 0 Å². The molecule has 5 nitrogen and oxygen atoms in total. The zero-order chi connectivity index (χ0) is 10.8. The molecule has 0 bridgehead atoms. The van der Waals surface area contributed by atoms with Crippen molar-refractivity contribution in [3.63, 3.8) is 0 Å². The van der Waals surface area contributed by atoms with Gasteiger partial charge in [0, 0.05) is 6.42 Å². The van der Waals surface area contributed by atoms with Crippen molar-refractivity contribution in [3.8, 4) is 0 Å². The van der Waals surface area contributed by atoms with Gasteiger partial charge in [-0.1, -0.05) is 6.42 Å². The second-order valence-electron chi connectivity index (χ2n) is 3.16. The molecule has 0 aliphatic heterocycles. The standard InChI is InChI=1S/C9H19N3O2/c1-11-6-4-2-3-5-9(14)12-7-8(10)13/h11H,2-7H2,1H3,(H2,10,13)(H,12,14). The highest BCUT2D eigenvalue weighted by Gasteiger charge is 2.01. The highest BCUT2D eigenvalue weighted by Crippen LogP contribution is 1.98. The van der Waals surface area contributed by atoms with Gasteiger partial charge in [-0.05, 0) is 26.4 Å². The van der Waals surface area contributed by atoms with Crippen LogP contribution in [-0.2, 0) is 9.59 Å². The molecule has 4 N–H and O–H groups in total. The average Bonchev–Trinajstić information content (AvgIpc) is 2.14. The largest absolute Gasteiger partial charge is 0.368 e. The van der Waals surface area contributed by atoms with Crippen molar-refractivity contribution in [1.29, 1.82) is 0 Å². The van der Waals surface area contributed by atoms with E-state index in [2.05, 4.69) is 10.6 Å². The molecule has 0 aliphatic rings. The monoisotopic (exact) mass is 201 g/mol. The molecular weight excluding hydrogens is 182 g/mol. The Kier molecular flexibility index (Phi) is 7.83. The summed E-state index contributed by atoms with van der Waals surface area (Å²) in [7, 11) is 1.90. The predicted molar refractivity (Wildman–Crippen MR) is 54.6 cm³/mol. The van der Waals surface area contributed by atoms with Crippen LogP contribution in [0.4, 0.5) is 0 Å². The van der Waals surface area contributed by atoms with Crippen LogP contribution in [0.2, 0.25) is 0 Å². The topological polar surface area (TPSA) is 84.2 Å². The Balaban J connectivity index is 3.22. The van der Waals surface area contributed by atoms with Crippen LogP contribution in [0.15, 0.2) is 0 Å². The lowest BCUT2D eigenvalue weighted by molar-refractivity contribution is -0.124. The van der Waals surface area contributed by atoms with Crippen LogP contribution in [0.1, 0.15) is 25.7 Å². The Morgan fingerprint density at radius 1 is 1.21 bits per heavy atom. The normalized spacial score (nSPS) is 9.79. The van der Waals surface area contributed by atoms with Crippen molar-refractivity contribution in [2.24, 2.45) is 5.73 Å². The molecular formula is C9H19N3O2. The van der Waals surface area contributed by atoms with E-state index >= 15 is 0 Å². The van der Waals surface area contributed by atoms with E-state index in [9.17, 15) is 9.59 Å². The highest BCUT2D eigenvalue weighted by molar-refractivity contribution is 5.83. The molecule has 0 saturated heterocycles. The molecule has 0 unspecified atom stereocenters. The Labute approximate surface area is 84.4 Å². The first kappa shape index (κ1) is 12.9. The number of carbonyl (C=O) groups is 2. The van der Waals surface area contributed by atoms with Crippen molar-refractivity contribution < 1.29 is 9.59 Å². The third-order valence-corrected chi connectivity index (χ3v) is 1.79. The predicted octanol–water partition coefficient (Wildman–Crippen LogP) is -0.632. The lowest BCUT2D eigenvalue weighted by atomic mass is 10.2. The number of unbranched alkanes of at least 4 members (excludes halogenated alkanes) is 2. The third kappa shape index (κ3) is 8.99. The smallest absolute Gasteiger partial charge is 0.236 e. The van der Waals surface area contributed by atoms with E-state index in [-0.39, 0.29) is 12.5 Å². The fraction of sp³-hybridized carbons (Fsp3) is 0.778. The summed E-state index contributed by atoms with van der Waals surface area (Å²) in [5.41, 5.74) is 4.87. The van der Waals surface area contributed by atoms with E-state index in [1.807, 2.05) is 7.05 Å². The van der Waals surface area contributed by atoms with Crippen LogP contribution < -0.4 is 16.4 Å². The molecule has 0 heterocycles. The van der Waals surface area contributed by atoms with Gasteiger partial charge < -0.3 is 16.4 Å². The van der Waals surface area contributed by atoms with Gasteiger partial charge in [0.15, 0.2) is 0 Å². The average molecular weight is 201 g/mol. The maximum atomic E-state index is 11.0. The molecule has 0 fully saturated rings. The molecule has 0 atom stereocenters. The molecule has 0 spiro atoms. The van der Waals surface area contributed by atoms with Gasteiger partial charge >= 0.3 is 0 Å².